The molecule has 8 nitrogen and oxygen atoms in total. The van der Waals surface area contributed by atoms with Gasteiger partial charge in [0.1, 0.15) is 17.3 Å². The van der Waals surface area contributed by atoms with Crippen LogP contribution in [-0.2, 0) is 22.5 Å². The van der Waals surface area contributed by atoms with Gasteiger partial charge < -0.3 is 24.0 Å². The van der Waals surface area contributed by atoms with Crippen LogP contribution in [0.15, 0.2) is 47.1 Å². The molecule has 4 aliphatic rings. The first-order chi connectivity index (χ1) is 17.3. The van der Waals surface area contributed by atoms with Gasteiger partial charge in [-0.3, -0.25) is 9.69 Å². The fourth-order valence-corrected chi connectivity index (χ4v) is 6.20. The average Bonchev–Trinajstić information content (AvgIpc) is 2.99. The van der Waals surface area contributed by atoms with Gasteiger partial charge in [-0.15, -0.1) is 0 Å². The highest BCUT2D eigenvalue weighted by Gasteiger charge is 2.54. The Kier molecular flexibility index (Phi) is 6.22. The van der Waals surface area contributed by atoms with Crippen LogP contribution in [0, 0.1) is 0 Å². The van der Waals surface area contributed by atoms with Crippen LogP contribution in [0.5, 0.6) is 11.5 Å². The normalized spacial score (nSPS) is 20.9. The topological polar surface area (TPSA) is 71.6 Å². The van der Waals surface area contributed by atoms with E-state index < -0.39 is 5.54 Å². The number of carbonyl (C=O) groups is 2. The van der Waals surface area contributed by atoms with E-state index >= 15 is 0 Å². The van der Waals surface area contributed by atoms with Crippen molar-refractivity contribution >= 4 is 11.9 Å². The van der Waals surface area contributed by atoms with Crippen molar-refractivity contribution in [2.45, 2.75) is 58.5 Å². The van der Waals surface area contributed by atoms with E-state index in [-0.39, 0.29) is 11.9 Å². The van der Waals surface area contributed by atoms with Gasteiger partial charge in [-0.05, 0) is 57.7 Å². The van der Waals surface area contributed by atoms with Gasteiger partial charge in [0.15, 0.2) is 0 Å². The minimum absolute atomic E-state index is 0.0259. The second-order valence-electron chi connectivity index (χ2n) is 9.85. The van der Waals surface area contributed by atoms with Crippen molar-refractivity contribution in [3.8, 4) is 11.5 Å². The molecule has 0 aromatic heterocycles. The van der Waals surface area contributed by atoms with Crippen LogP contribution in [0.4, 0.5) is 4.79 Å². The molecule has 1 aromatic carbocycles. The number of allylic oxidation sites excluding steroid dienone is 4. The quantitative estimate of drug-likeness (QED) is 0.623. The molecular formula is C28H35N3O5. The fraction of sp³-hybridized carbons (Fsp3) is 0.500. The van der Waals surface area contributed by atoms with Crippen molar-refractivity contribution in [2.75, 3.05) is 33.9 Å². The lowest BCUT2D eigenvalue weighted by Crippen LogP contribution is -2.55. The zero-order chi connectivity index (χ0) is 25.6. The molecule has 0 bridgehead atoms. The molecule has 0 radical (unpaired) electrons. The van der Waals surface area contributed by atoms with E-state index in [0.29, 0.717) is 57.6 Å². The van der Waals surface area contributed by atoms with Gasteiger partial charge in [0.05, 0.1) is 37.6 Å². The summed E-state index contributed by atoms with van der Waals surface area (Å²) in [6.45, 7) is 8.09. The summed E-state index contributed by atoms with van der Waals surface area (Å²) in [4.78, 5) is 32.9. The van der Waals surface area contributed by atoms with Crippen LogP contribution in [0.2, 0.25) is 0 Å². The van der Waals surface area contributed by atoms with Crippen LogP contribution < -0.4 is 9.47 Å². The van der Waals surface area contributed by atoms with E-state index in [2.05, 4.69) is 6.08 Å². The first kappa shape index (κ1) is 24.3. The summed E-state index contributed by atoms with van der Waals surface area (Å²) < 4.78 is 16.9. The third-order valence-corrected chi connectivity index (χ3v) is 8.09. The van der Waals surface area contributed by atoms with E-state index in [1.165, 1.54) is 0 Å². The molecule has 0 saturated carbocycles. The molecule has 0 N–H and O–H groups in total. The van der Waals surface area contributed by atoms with E-state index in [9.17, 15) is 9.59 Å². The van der Waals surface area contributed by atoms with Crippen molar-refractivity contribution in [3.05, 3.63) is 58.2 Å². The highest BCUT2D eigenvalue weighted by atomic mass is 16.5. The number of urea groups is 1. The molecule has 1 spiro atoms. The predicted molar refractivity (Wildman–Crippen MR) is 135 cm³/mol. The first-order valence-corrected chi connectivity index (χ1v) is 12.7. The number of benzene rings is 1. The number of hydrogen-bond acceptors (Lipinski definition) is 5. The minimum atomic E-state index is -0.412. The van der Waals surface area contributed by atoms with Crippen molar-refractivity contribution in [1.82, 2.24) is 14.7 Å². The second kappa shape index (κ2) is 9.22. The summed E-state index contributed by atoms with van der Waals surface area (Å²) in [7, 11) is 3.30. The molecule has 0 atom stereocenters. The number of fused-ring (bicyclic) bond motifs is 3. The number of hydrogen-bond donors (Lipinski definition) is 0. The lowest BCUT2D eigenvalue weighted by atomic mass is 9.82. The highest BCUT2D eigenvalue weighted by molar-refractivity contribution is 5.94. The summed E-state index contributed by atoms with van der Waals surface area (Å²) in [6, 6.07) is 3.93. The van der Waals surface area contributed by atoms with Crippen molar-refractivity contribution in [1.29, 1.82) is 0 Å². The Balaban J connectivity index is 1.42. The third-order valence-electron chi connectivity index (χ3n) is 8.09. The minimum Gasteiger partial charge on any atom is -0.497 e. The molecule has 0 unspecified atom stereocenters. The SMILES string of the molecule is CCN1C(=O)N2Cc3cc(OC)cc(OC)c3CC=C2C12CCN(C(=O)C1=C(C)OC(C)=CC1)CC2. The average molecular weight is 494 g/mol. The molecule has 4 aliphatic heterocycles. The van der Waals surface area contributed by atoms with Gasteiger partial charge in [0.2, 0.25) is 0 Å². The summed E-state index contributed by atoms with van der Waals surface area (Å²) in [5, 5.41) is 0. The van der Waals surface area contributed by atoms with Gasteiger partial charge >= 0.3 is 6.03 Å². The molecule has 3 amide bonds. The van der Waals surface area contributed by atoms with E-state index in [0.717, 1.165) is 39.7 Å². The number of piperidine rings is 1. The Morgan fingerprint density at radius 1 is 1.08 bits per heavy atom. The predicted octanol–water partition coefficient (Wildman–Crippen LogP) is 4.36. The Morgan fingerprint density at radius 2 is 1.83 bits per heavy atom. The van der Waals surface area contributed by atoms with Crippen LogP contribution >= 0.6 is 0 Å². The third kappa shape index (κ3) is 3.74. The van der Waals surface area contributed by atoms with Crippen LogP contribution in [-0.4, -0.2) is 66.0 Å². The smallest absolute Gasteiger partial charge is 0.325 e. The standard InChI is InChI=1S/C28H35N3O5/c1-6-31-27(33)30-17-20-15-21(34-4)16-24(35-5)23(20)9-10-25(30)28(31)11-13-29(14-12-28)26(32)22-8-7-18(2)36-19(22)3/h7,10,15-16H,6,8-9,11-14,17H2,1-5H3. The number of likely N-dealkylation sites (N-methyl/N-ethyl adjacent to an activating group) is 1. The summed E-state index contributed by atoms with van der Waals surface area (Å²) in [6.07, 6.45) is 6.84. The number of ether oxygens (including phenoxy) is 3. The van der Waals surface area contributed by atoms with E-state index in [1.807, 2.05) is 53.7 Å². The molecule has 5 rings (SSSR count). The van der Waals surface area contributed by atoms with Crippen molar-refractivity contribution in [2.24, 2.45) is 0 Å². The summed E-state index contributed by atoms with van der Waals surface area (Å²) in [5.41, 5.74) is 3.48. The Morgan fingerprint density at radius 3 is 2.47 bits per heavy atom. The highest BCUT2D eigenvalue weighted by Crippen LogP contribution is 2.47. The maximum atomic E-state index is 13.7. The molecule has 2 fully saturated rings. The number of likely N-dealkylation sites (tertiary alicyclic amines) is 1. The number of carbonyl (C=O) groups excluding carboxylic acids is 2. The molecule has 36 heavy (non-hydrogen) atoms. The van der Waals surface area contributed by atoms with Crippen molar-refractivity contribution in [3.63, 3.8) is 0 Å². The van der Waals surface area contributed by atoms with Gasteiger partial charge in [-0.1, -0.05) is 6.08 Å². The van der Waals surface area contributed by atoms with Crippen LogP contribution in [0.1, 0.15) is 51.2 Å². The second-order valence-corrected chi connectivity index (χ2v) is 9.85. The Bertz CT molecular complexity index is 1190. The molecule has 192 valence electrons. The number of methoxy groups -OCH3 is 2. The lowest BCUT2D eigenvalue weighted by molar-refractivity contribution is -0.129. The maximum absolute atomic E-state index is 13.7. The summed E-state index contributed by atoms with van der Waals surface area (Å²) in [5.74, 6) is 3.05. The van der Waals surface area contributed by atoms with Crippen molar-refractivity contribution < 1.29 is 23.8 Å². The zero-order valence-electron chi connectivity index (χ0n) is 21.8. The van der Waals surface area contributed by atoms with E-state index in [1.54, 1.807) is 14.2 Å². The van der Waals surface area contributed by atoms with Crippen LogP contribution in [0.25, 0.3) is 0 Å². The van der Waals surface area contributed by atoms with Gasteiger partial charge in [-0.25, -0.2) is 4.79 Å². The van der Waals surface area contributed by atoms with Gasteiger partial charge in [-0.2, -0.15) is 0 Å². The maximum Gasteiger partial charge on any atom is 0.325 e. The number of rotatable bonds is 4. The lowest BCUT2D eigenvalue weighted by Gasteiger charge is -2.44. The Labute approximate surface area is 212 Å². The number of nitrogens with zero attached hydrogens (tertiary/aromatic N) is 3. The molecule has 1 aromatic rings. The monoisotopic (exact) mass is 493 g/mol. The molecule has 8 heteroatoms. The summed E-state index contributed by atoms with van der Waals surface area (Å²) >= 11 is 0. The molecule has 0 aliphatic carbocycles. The first-order valence-electron chi connectivity index (χ1n) is 12.7. The molecular weight excluding hydrogens is 458 g/mol. The van der Waals surface area contributed by atoms with Crippen LogP contribution in [0.3, 0.4) is 0 Å². The van der Waals surface area contributed by atoms with Gasteiger partial charge in [0.25, 0.3) is 5.91 Å². The number of amides is 3. The molecule has 4 heterocycles. The largest absolute Gasteiger partial charge is 0.497 e. The van der Waals surface area contributed by atoms with Gasteiger partial charge in [0, 0.05) is 43.4 Å². The zero-order valence-corrected chi connectivity index (χ0v) is 21.8. The Hall–Kier alpha value is -3.42. The fourth-order valence-electron chi connectivity index (χ4n) is 6.20. The van der Waals surface area contributed by atoms with E-state index in [4.69, 9.17) is 14.2 Å². The molecule has 2 saturated heterocycles.